The minimum Gasteiger partial charge on any atom is -0.0622 e. The summed E-state index contributed by atoms with van der Waals surface area (Å²) in [4.78, 5) is 0. The normalized spacial score (nSPS) is 11.5. The summed E-state index contributed by atoms with van der Waals surface area (Å²) in [6, 6.07) is 58.0. The Balaban J connectivity index is 1.46. The molecule has 0 amide bonds. The molecule has 0 heteroatoms. The van der Waals surface area contributed by atoms with Crippen LogP contribution in [0.3, 0.4) is 0 Å². The van der Waals surface area contributed by atoms with Gasteiger partial charge in [-0.3, -0.25) is 0 Å². The molecule has 0 saturated heterocycles. The van der Waals surface area contributed by atoms with Gasteiger partial charge in [0.05, 0.1) is 0 Å². The molecule has 0 heterocycles. The van der Waals surface area contributed by atoms with Gasteiger partial charge < -0.3 is 0 Å². The van der Waals surface area contributed by atoms with Crippen LogP contribution in [0.15, 0.2) is 158 Å². The van der Waals surface area contributed by atoms with Gasteiger partial charge in [0.1, 0.15) is 0 Å². The molecule has 8 aromatic rings. The molecule has 8 rings (SSSR count). The first-order chi connectivity index (χ1) is 20.8. The molecule has 0 unspecified atom stereocenters. The van der Waals surface area contributed by atoms with Crippen molar-refractivity contribution in [2.45, 2.75) is 12.8 Å². The summed E-state index contributed by atoms with van der Waals surface area (Å²) in [5, 5.41) is 8.01. The van der Waals surface area contributed by atoms with Crippen LogP contribution in [0.5, 0.6) is 0 Å². The van der Waals surface area contributed by atoms with Gasteiger partial charge in [-0.2, -0.15) is 0 Å². The van der Waals surface area contributed by atoms with Crippen molar-refractivity contribution in [2.75, 3.05) is 0 Å². The van der Waals surface area contributed by atoms with E-state index in [1.54, 1.807) is 0 Å². The van der Waals surface area contributed by atoms with Crippen molar-refractivity contribution in [3.63, 3.8) is 0 Å². The summed E-state index contributed by atoms with van der Waals surface area (Å²) < 4.78 is 0. The van der Waals surface area contributed by atoms with Crippen LogP contribution in [-0.4, -0.2) is 0 Å². The smallest absolute Gasteiger partial charge is 0.00199 e. The molecule has 0 nitrogen and oxygen atoms in total. The lowest BCUT2D eigenvalue weighted by Gasteiger charge is -2.20. The van der Waals surface area contributed by atoms with Gasteiger partial charge in [-0.05, 0) is 102 Å². The Labute approximate surface area is 246 Å². The molecule has 0 atom stereocenters. The van der Waals surface area contributed by atoms with Gasteiger partial charge in [-0.25, -0.2) is 0 Å². The van der Waals surface area contributed by atoms with Gasteiger partial charge in [0.25, 0.3) is 0 Å². The van der Waals surface area contributed by atoms with Crippen molar-refractivity contribution in [1.29, 1.82) is 0 Å². The van der Waals surface area contributed by atoms with Crippen LogP contribution in [0.4, 0.5) is 0 Å². The maximum Gasteiger partial charge on any atom is -0.00199 e. The van der Waals surface area contributed by atoms with Crippen LogP contribution in [0.25, 0.3) is 54.6 Å². The predicted octanol–water partition coefficient (Wildman–Crippen LogP) is 11.1. The van der Waals surface area contributed by atoms with Crippen LogP contribution < -0.4 is 0 Å². The highest BCUT2D eigenvalue weighted by molar-refractivity contribution is 6.29. The van der Waals surface area contributed by atoms with E-state index in [-0.39, 0.29) is 0 Å². The van der Waals surface area contributed by atoms with Crippen LogP contribution in [-0.2, 0) is 12.8 Å². The Kier molecular flexibility index (Phi) is 6.04. The Morgan fingerprint density at radius 1 is 0.310 bits per heavy atom. The molecule has 0 spiro atoms. The summed E-state index contributed by atoms with van der Waals surface area (Å²) >= 11 is 0. The van der Waals surface area contributed by atoms with Crippen molar-refractivity contribution in [1.82, 2.24) is 0 Å². The first-order valence-electron chi connectivity index (χ1n) is 14.8. The van der Waals surface area contributed by atoms with Crippen LogP contribution >= 0.6 is 0 Å². The topological polar surface area (TPSA) is 0 Å². The first kappa shape index (κ1) is 24.6. The Morgan fingerprint density at radius 3 is 1.05 bits per heavy atom. The lowest BCUT2D eigenvalue weighted by Crippen LogP contribution is -1.96. The van der Waals surface area contributed by atoms with E-state index in [0.29, 0.717) is 0 Å². The second-order valence-corrected chi connectivity index (χ2v) is 11.4. The molecular formula is C42H30. The second kappa shape index (κ2) is 10.3. The molecule has 0 aliphatic carbocycles. The highest BCUT2D eigenvalue weighted by Gasteiger charge is 2.19. The highest BCUT2D eigenvalue weighted by Crippen LogP contribution is 2.45. The quantitative estimate of drug-likeness (QED) is 0.186. The Bertz CT molecular complexity index is 1980. The molecule has 0 N–H and O–H groups in total. The van der Waals surface area contributed by atoms with Crippen LogP contribution in [0.1, 0.15) is 22.3 Å². The fourth-order valence-corrected chi connectivity index (χ4v) is 6.71. The van der Waals surface area contributed by atoms with Crippen molar-refractivity contribution >= 4 is 32.3 Å². The third kappa shape index (κ3) is 4.42. The van der Waals surface area contributed by atoms with Gasteiger partial charge in [0.2, 0.25) is 0 Å². The van der Waals surface area contributed by atoms with Crippen molar-refractivity contribution in [3.8, 4) is 22.3 Å². The summed E-state index contributed by atoms with van der Waals surface area (Å²) in [7, 11) is 0. The van der Waals surface area contributed by atoms with E-state index >= 15 is 0 Å². The molecule has 42 heavy (non-hydrogen) atoms. The summed E-state index contributed by atoms with van der Waals surface area (Å²) in [5.41, 5.74) is 10.5. The third-order valence-corrected chi connectivity index (χ3v) is 8.56. The van der Waals surface area contributed by atoms with Gasteiger partial charge in [0.15, 0.2) is 0 Å². The van der Waals surface area contributed by atoms with E-state index in [1.807, 2.05) is 0 Å². The van der Waals surface area contributed by atoms with Crippen LogP contribution in [0, 0.1) is 0 Å². The minimum absolute atomic E-state index is 0.910. The van der Waals surface area contributed by atoms with Gasteiger partial charge in [-0.15, -0.1) is 0 Å². The number of hydrogen-bond acceptors (Lipinski definition) is 0. The molecule has 0 aliphatic rings. The fraction of sp³-hybridized carbons (Fsp3) is 0.0476. The van der Waals surface area contributed by atoms with E-state index in [1.165, 1.54) is 76.8 Å². The standard InChI is InChI=1S/C42H30/c1-5-13-29(14-6-1)21-31-23-35-27-38(34-19-11-4-12-20-34)40-26-32(22-30-15-7-2-8-16-30)24-36-28-37(33-17-9-3-10-18-33)39(25-31)41(35)42(36)40/h1-20,23-28H,21-22H2. The van der Waals surface area contributed by atoms with E-state index in [9.17, 15) is 0 Å². The zero-order valence-corrected chi connectivity index (χ0v) is 23.4. The Morgan fingerprint density at radius 2 is 0.667 bits per heavy atom. The monoisotopic (exact) mass is 534 g/mol. The molecule has 0 fully saturated rings. The minimum atomic E-state index is 0.910. The van der Waals surface area contributed by atoms with Gasteiger partial charge >= 0.3 is 0 Å². The fourth-order valence-electron chi connectivity index (χ4n) is 6.71. The number of benzene rings is 8. The van der Waals surface area contributed by atoms with Crippen LogP contribution in [0.2, 0.25) is 0 Å². The zero-order valence-electron chi connectivity index (χ0n) is 23.4. The van der Waals surface area contributed by atoms with E-state index in [0.717, 1.165) is 12.8 Å². The molecule has 0 aliphatic heterocycles. The maximum atomic E-state index is 2.44. The molecular weight excluding hydrogens is 504 g/mol. The lowest BCUT2D eigenvalue weighted by atomic mass is 9.83. The van der Waals surface area contributed by atoms with Crippen molar-refractivity contribution in [2.24, 2.45) is 0 Å². The van der Waals surface area contributed by atoms with Crippen molar-refractivity contribution in [3.05, 3.63) is 180 Å². The molecule has 0 bridgehead atoms. The summed E-state index contributed by atoms with van der Waals surface area (Å²) in [6.45, 7) is 0. The summed E-state index contributed by atoms with van der Waals surface area (Å²) in [5.74, 6) is 0. The summed E-state index contributed by atoms with van der Waals surface area (Å²) in [6.07, 6.45) is 1.82. The highest BCUT2D eigenvalue weighted by atomic mass is 14.2. The van der Waals surface area contributed by atoms with Gasteiger partial charge in [-0.1, -0.05) is 146 Å². The maximum absolute atomic E-state index is 2.44. The second-order valence-electron chi connectivity index (χ2n) is 11.4. The Hall–Kier alpha value is -5.20. The molecule has 198 valence electrons. The van der Waals surface area contributed by atoms with E-state index < -0.39 is 0 Å². The van der Waals surface area contributed by atoms with Crippen molar-refractivity contribution < 1.29 is 0 Å². The largest absolute Gasteiger partial charge is 0.0622 e. The zero-order chi connectivity index (χ0) is 27.9. The molecule has 0 saturated carbocycles. The number of hydrogen-bond donors (Lipinski definition) is 0. The average molecular weight is 535 g/mol. The number of rotatable bonds is 6. The van der Waals surface area contributed by atoms with E-state index in [2.05, 4.69) is 158 Å². The molecule has 0 aromatic heterocycles. The molecule has 0 radical (unpaired) electrons. The molecule has 8 aromatic carbocycles. The predicted molar refractivity (Wildman–Crippen MR) is 180 cm³/mol. The average Bonchev–Trinajstić information content (AvgIpc) is 3.05. The van der Waals surface area contributed by atoms with Gasteiger partial charge in [0, 0.05) is 0 Å². The third-order valence-electron chi connectivity index (χ3n) is 8.56. The van der Waals surface area contributed by atoms with E-state index in [4.69, 9.17) is 0 Å². The lowest BCUT2D eigenvalue weighted by molar-refractivity contribution is 1.20. The SMILES string of the molecule is c1ccc(Cc2cc3cc(-c4ccccc4)c4cc(Cc5ccccc5)cc5cc(-c6ccccc6)c(c2)c3c54)cc1. The first-order valence-corrected chi connectivity index (χ1v) is 14.8.